The molecule has 33 heavy (non-hydrogen) atoms. The highest BCUT2D eigenvalue weighted by atomic mass is 16.5. The van der Waals surface area contributed by atoms with Gasteiger partial charge in [-0.1, -0.05) is 18.2 Å². The first-order valence-corrected chi connectivity index (χ1v) is 11.5. The molecule has 2 aromatic heterocycles. The third kappa shape index (κ3) is 5.68. The number of hydrogen-bond acceptors (Lipinski definition) is 8. The average molecular weight is 451 g/mol. The van der Waals surface area contributed by atoms with Crippen LogP contribution < -0.4 is 9.64 Å². The Balaban J connectivity index is 1.29. The first kappa shape index (κ1) is 21.8. The third-order valence-electron chi connectivity index (χ3n) is 5.95. The molecular weight excluding hydrogens is 420 g/mol. The van der Waals surface area contributed by atoms with Gasteiger partial charge in [0.2, 0.25) is 5.88 Å². The number of nitrogens with zero attached hydrogens (tertiary/aromatic N) is 5. The Morgan fingerprint density at radius 2 is 1.82 bits per heavy atom. The van der Waals surface area contributed by atoms with Crippen molar-refractivity contribution in [3.8, 4) is 5.88 Å². The summed E-state index contributed by atoms with van der Waals surface area (Å²) >= 11 is 0. The highest BCUT2D eigenvalue weighted by molar-refractivity contribution is 5.83. The molecule has 174 valence electrons. The van der Waals surface area contributed by atoms with Crippen LogP contribution in [0.15, 0.2) is 41.5 Å². The summed E-state index contributed by atoms with van der Waals surface area (Å²) in [6.45, 7) is 8.43. The van der Waals surface area contributed by atoms with Crippen molar-refractivity contribution in [1.82, 2.24) is 19.9 Å². The van der Waals surface area contributed by atoms with E-state index in [0.29, 0.717) is 38.1 Å². The van der Waals surface area contributed by atoms with Crippen LogP contribution in [0.25, 0.3) is 10.9 Å². The molecule has 2 aliphatic heterocycles. The van der Waals surface area contributed by atoms with Gasteiger partial charge in [0.05, 0.1) is 39.2 Å². The molecule has 2 aliphatic rings. The second kappa shape index (κ2) is 10.7. The number of benzene rings is 1. The molecule has 5 rings (SSSR count). The van der Waals surface area contributed by atoms with Crippen molar-refractivity contribution in [1.29, 1.82) is 0 Å². The van der Waals surface area contributed by atoms with E-state index < -0.39 is 0 Å². The number of rotatable bonds is 8. The average Bonchev–Trinajstić information content (AvgIpc) is 3.28. The zero-order valence-electron chi connectivity index (χ0n) is 18.8. The molecule has 1 N–H and O–H groups in total. The summed E-state index contributed by atoms with van der Waals surface area (Å²) < 4.78 is 16.9. The first-order valence-electron chi connectivity index (χ1n) is 11.5. The Hall–Kier alpha value is -3.01. The summed E-state index contributed by atoms with van der Waals surface area (Å²) in [6.07, 6.45) is 3.74. The van der Waals surface area contributed by atoms with Crippen molar-refractivity contribution >= 4 is 22.9 Å². The molecule has 2 fully saturated rings. The number of fused-ring (bicyclic) bond motifs is 1. The van der Waals surface area contributed by atoms with Gasteiger partial charge in [-0.2, -0.15) is 4.98 Å². The van der Waals surface area contributed by atoms with Crippen molar-refractivity contribution in [2.45, 2.75) is 6.54 Å². The van der Waals surface area contributed by atoms with Crippen molar-refractivity contribution in [3.05, 3.63) is 47.9 Å². The molecule has 0 amide bonds. The fraction of sp³-hybridized carbons (Fsp3) is 0.458. The number of H-pyrrole nitrogens is 1. The van der Waals surface area contributed by atoms with E-state index >= 15 is 0 Å². The number of morpholine rings is 2. The summed E-state index contributed by atoms with van der Waals surface area (Å²) in [5, 5.41) is 1.18. The van der Waals surface area contributed by atoms with Gasteiger partial charge in [0.1, 0.15) is 12.4 Å². The van der Waals surface area contributed by atoms with E-state index in [1.54, 1.807) is 6.21 Å². The molecule has 9 heteroatoms. The van der Waals surface area contributed by atoms with Crippen LogP contribution in [0.3, 0.4) is 0 Å². The largest absolute Gasteiger partial charge is 0.476 e. The number of aromatic amines is 1. The zero-order chi connectivity index (χ0) is 22.3. The van der Waals surface area contributed by atoms with Crippen molar-refractivity contribution in [3.63, 3.8) is 0 Å². The minimum absolute atomic E-state index is 0.556. The van der Waals surface area contributed by atoms with E-state index in [9.17, 15) is 0 Å². The minimum Gasteiger partial charge on any atom is -0.476 e. The lowest BCUT2D eigenvalue weighted by molar-refractivity contribution is 0.0320. The third-order valence-corrected chi connectivity index (χ3v) is 5.95. The minimum atomic E-state index is 0.556. The van der Waals surface area contributed by atoms with Gasteiger partial charge >= 0.3 is 0 Å². The summed E-state index contributed by atoms with van der Waals surface area (Å²) in [5.41, 5.74) is 2.26. The molecule has 0 bridgehead atoms. The Morgan fingerprint density at radius 3 is 2.67 bits per heavy atom. The number of ether oxygens (including phenoxy) is 3. The molecule has 0 saturated carbocycles. The van der Waals surface area contributed by atoms with E-state index in [0.717, 1.165) is 62.8 Å². The molecule has 4 heterocycles. The molecular formula is C24H30N6O3. The topological polar surface area (TPSA) is 88.1 Å². The van der Waals surface area contributed by atoms with Gasteiger partial charge in [0.25, 0.3) is 0 Å². The molecule has 0 atom stereocenters. The van der Waals surface area contributed by atoms with Gasteiger partial charge in [0, 0.05) is 55.9 Å². The van der Waals surface area contributed by atoms with E-state index in [-0.39, 0.29) is 0 Å². The highest BCUT2D eigenvalue weighted by Gasteiger charge is 2.16. The van der Waals surface area contributed by atoms with Crippen molar-refractivity contribution in [2.24, 2.45) is 4.99 Å². The SMILES string of the molecule is C(=NCc1c[nH]c2ccccc12)c1nc(OCCN2CCOCC2)cc(N2CCOCC2)n1. The Bertz CT molecular complexity index is 1070. The van der Waals surface area contributed by atoms with Gasteiger partial charge in [-0.25, -0.2) is 4.98 Å². The van der Waals surface area contributed by atoms with Crippen LogP contribution in [0.1, 0.15) is 11.4 Å². The first-order chi connectivity index (χ1) is 16.3. The monoisotopic (exact) mass is 450 g/mol. The van der Waals surface area contributed by atoms with Gasteiger partial charge in [-0.3, -0.25) is 9.89 Å². The summed E-state index contributed by atoms with van der Waals surface area (Å²) in [5.74, 6) is 1.98. The van der Waals surface area contributed by atoms with E-state index in [2.05, 4.69) is 36.9 Å². The van der Waals surface area contributed by atoms with E-state index in [4.69, 9.17) is 19.2 Å². The fourth-order valence-corrected chi connectivity index (χ4v) is 4.11. The number of nitrogens with one attached hydrogen (secondary N) is 1. The van der Waals surface area contributed by atoms with Crippen LogP contribution in [0, 0.1) is 0 Å². The summed E-state index contributed by atoms with van der Waals surface area (Å²) in [4.78, 5) is 21.8. The second-order valence-electron chi connectivity index (χ2n) is 8.15. The maximum absolute atomic E-state index is 6.03. The van der Waals surface area contributed by atoms with Crippen molar-refractivity contribution < 1.29 is 14.2 Å². The maximum atomic E-state index is 6.03. The van der Waals surface area contributed by atoms with Crippen LogP contribution in [-0.4, -0.2) is 91.8 Å². The molecule has 9 nitrogen and oxygen atoms in total. The lowest BCUT2D eigenvalue weighted by atomic mass is 10.2. The van der Waals surface area contributed by atoms with Crippen LogP contribution >= 0.6 is 0 Å². The maximum Gasteiger partial charge on any atom is 0.219 e. The predicted octanol–water partition coefficient (Wildman–Crippen LogP) is 2.12. The molecule has 0 radical (unpaired) electrons. The van der Waals surface area contributed by atoms with Crippen LogP contribution in [-0.2, 0) is 16.0 Å². The Labute approximate surface area is 193 Å². The number of aromatic nitrogens is 3. The van der Waals surface area contributed by atoms with E-state index in [1.165, 1.54) is 5.39 Å². The molecule has 0 unspecified atom stereocenters. The quantitative estimate of drug-likeness (QED) is 0.526. The van der Waals surface area contributed by atoms with Crippen LogP contribution in [0.2, 0.25) is 0 Å². The predicted molar refractivity (Wildman–Crippen MR) is 127 cm³/mol. The summed E-state index contributed by atoms with van der Waals surface area (Å²) in [6, 6.07) is 10.2. The van der Waals surface area contributed by atoms with Crippen LogP contribution in [0.4, 0.5) is 5.82 Å². The van der Waals surface area contributed by atoms with Crippen molar-refractivity contribution in [2.75, 3.05) is 70.7 Å². The van der Waals surface area contributed by atoms with Gasteiger partial charge in [-0.15, -0.1) is 0 Å². The lowest BCUT2D eigenvalue weighted by Crippen LogP contribution is -2.38. The van der Waals surface area contributed by atoms with Gasteiger partial charge in [0.15, 0.2) is 5.82 Å². The number of aliphatic imine (C=N–C) groups is 1. The van der Waals surface area contributed by atoms with Gasteiger partial charge < -0.3 is 24.1 Å². The smallest absolute Gasteiger partial charge is 0.219 e. The zero-order valence-corrected chi connectivity index (χ0v) is 18.8. The highest BCUT2D eigenvalue weighted by Crippen LogP contribution is 2.20. The van der Waals surface area contributed by atoms with Gasteiger partial charge in [-0.05, 0) is 11.6 Å². The Kier molecular flexibility index (Phi) is 7.10. The lowest BCUT2D eigenvalue weighted by Gasteiger charge is -2.28. The number of hydrogen-bond donors (Lipinski definition) is 1. The molecule has 3 aromatic rings. The molecule has 0 aliphatic carbocycles. The number of para-hydroxylation sites is 1. The molecule has 2 saturated heterocycles. The summed E-state index contributed by atoms with van der Waals surface area (Å²) in [7, 11) is 0. The Morgan fingerprint density at radius 1 is 1.03 bits per heavy atom. The molecule has 0 spiro atoms. The standard InChI is InChI=1S/C24H30N6O3/c1-2-4-21-20(3-1)19(17-26-21)16-25-18-22-27-23(30-8-12-32-13-9-30)15-24(28-22)33-14-7-29-5-10-31-11-6-29/h1-4,15,17-18,26H,5-14,16H2. The molecule has 1 aromatic carbocycles. The normalized spacial score (nSPS) is 17.8. The second-order valence-corrected chi connectivity index (χ2v) is 8.15. The number of anilines is 1. The van der Waals surface area contributed by atoms with Crippen LogP contribution in [0.5, 0.6) is 5.88 Å². The fourth-order valence-electron chi connectivity index (χ4n) is 4.11. The van der Waals surface area contributed by atoms with E-state index in [1.807, 2.05) is 24.4 Å².